The average molecular weight is 238 g/mol. The molecule has 0 saturated carbocycles. The number of fused-ring (bicyclic) bond motifs is 1. The van der Waals surface area contributed by atoms with E-state index >= 15 is 0 Å². The minimum atomic E-state index is -0.303. The highest BCUT2D eigenvalue weighted by Gasteiger charge is 2.30. The minimum absolute atomic E-state index is 0.000506. The molecule has 2 N–H and O–H groups in total. The number of para-hydroxylation sites is 1. The third kappa shape index (κ3) is 1.84. The summed E-state index contributed by atoms with van der Waals surface area (Å²) in [7, 11) is 0. The summed E-state index contributed by atoms with van der Waals surface area (Å²) in [4.78, 5) is 12.0. The molecule has 1 atom stereocenters. The molecule has 18 heavy (non-hydrogen) atoms. The molecule has 0 saturated heterocycles. The summed E-state index contributed by atoms with van der Waals surface area (Å²) in [5.41, 5.74) is 4.03. The van der Waals surface area contributed by atoms with Crippen molar-refractivity contribution in [1.82, 2.24) is 0 Å². The van der Waals surface area contributed by atoms with Gasteiger partial charge < -0.3 is 10.6 Å². The van der Waals surface area contributed by atoms with Crippen LogP contribution in [0.4, 0.5) is 11.4 Å². The molecule has 0 aliphatic carbocycles. The second kappa shape index (κ2) is 4.18. The molecule has 1 heterocycles. The Morgan fingerprint density at radius 1 is 1.11 bits per heavy atom. The molecule has 1 unspecified atom stereocenters. The van der Waals surface area contributed by atoms with Gasteiger partial charge in [0, 0.05) is 16.9 Å². The van der Waals surface area contributed by atoms with E-state index in [9.17, 15) is 4.79 Å². The number of hydrogen-bond donors (Lipinski definition) is 2. The molecular formula is C15H14N2O. The van der Waals surface area contributed by atoms with Crippen molar-refractivity contribution in [2.24, 2.45) is 0 Å². The van der Waals surface area contributed by atoms with Crippen LogP contribution in [0, 0.1) is 6.92 Å². The van der Waals surface area contributed by atoms with Crippen LogP contribution in [0.2, 0.25) is 0 Å². The van der Waals surface area contributed by atoms with E-state index in [0.29, 0.717) is 0 Å². The lowest BCUT2D eigenvalue weighted by molar-refractivity contribution is -0.116. The maximum atomic E-state index is 12.0. The summed E-state index contributed by atoms with van der Waals surface area (Å²) in [6.45, 7) is 2.03. The number of carbonyl (C=O) groups is 1. The SMILES string of the molecule is Cc1ccc2c(c1)C(Nc1ccccc1)C(=O)N2. The van der Waals surface area contributed by atoms with Gasteiger partial charge in [-0.3, -0.25) is 4.79 Å². The van der Waals surface area contributed by atoms with E-state index in [1.54, 1.807) is 0 Å². The molecule has 1 amide bonds. The summed E-state index contributed by atoms with van der Waals surface area (Å²) in [6, 6.07) is 15.5. The number of nitrogens with one attached hydrogen (secondary N) is 2. The highest BCUT2D eigenvalue weighted by Crippen LogP contribution is 2.33. The molecule has 0 spiro atoms. The molecule has 2 aromatic rings. The highest BCUT2D eigenvalue weighted by molar-refractivity contribution is 6.04. The monoisotopic (exact) mass is 238 g/mol. The number of aryl methyl sites for hydroxylation is 1. The third-order valence-electron chi connectivity index (χ3n) is 3.12. The van der Waals surface area contributed by atoms with Gasteiger partial charge in [0.2, 0.25) is 0 Å². The second-order valence-corrected chi connectivity index (χ2v) is 4.52. The molecule has 3 rings (SSSR count). The predicted molar refractivity (Wildman–Crippen MR) is 72.6 cm³/mol. The maximum absolute atomic E-state index is 12.0. The number of benzene rings is 2. The van der Waals surface area contributed by atoms with Gasteiger partial charge in [-0.1, -0.05) is 35.9 Å². The predicted octanol–water partition coefficient (Wildman–Crippen LogP) is 3.10. The second-order valence-electron chi connectivity index (χ2n) is 4.52. The third-order valence-corrected chi connectivity index (χ3v) is 3.12. The van der Waals surface area contributed by atoms with E-state index < -0.39 is 0 Å². The van der Waals surface area contributed by atoms with Crippen molar-refractivity contribution in [2.75, 3.05) is 10.6 Å². The minimum Gasteiger partial charge on any atom is -0.370 e. The normalized spacial score (nSPS) is 17.2. The van der Waals surface area contributed by atoms with Crippen molar-refractivity contribution in [3.05, 3.63) is 59.7 Å². The van der Waals surface area contributed by atoms with Gasteiger partial charge in [-0.25, -0.2) is 0 Å². The standard InChI is InChI=1S/C15H14N2O/c1-10-7-8-13-12(9-10)14(15(18)17-13)16-11-5-3-2-4-6-11/h2-9,14,16H,1H3,(H,17,18). The van der Waals surface area contributed by atoms with Gasteiger partial charge in [0.1, 0.15) is 6.04 Å². The highest BCUT2D eigenvalue weighted by atomic mass is 16.2. The summed E-state index contributed by atoms with van der Waals surface area (Å²) < 4.78 is 0. The fourth-order valence-corrected chi connectivity index (χ4v) is 2.23. The molecule has 3 nitrogen and oxygen atoms in total. The molecular weight excluding hydrogens is 224 g/mol. The zero-order chi connectivity index (χ0) is 12.5. The lowest BCUT2D eigenvalue weighted by Crippen LogP contribution is -2.19. The largest absolute Gasteiger partial charge is 0.370 e. The number of amides is 1. The fraction of sp³-hybridized carbons (Fsp3) is 0.133. The van der Waals surface area contributed by atoms with Crippen LogP contribution in [0.5, 0.6) is 0 Å². The Balaban J connectivity index is 1.94. The molecule has 0 aromatic heterocycles. The van der Waals surface area contributed by atoms with Crippen LogP contribution >= 0.6 is 0 Å². The Morgan fingerprint density at radius 3 is 2.67 bits per heavy atom. The lowest BCUT2D eigenvalue weighted by Gasteiger charge is -2.13. The van der Waals surface area contributed by atoms with Crippen molar-refractivity contribution in [3.8, 4) is 0 Å². The van der Waals surface area contributed by atoms with Crippen LogP contribution in [0.3, 0.4) is 0 Å². The molecule has 0 bridgehead atoms. The van der Waals surface area contributed by atoms with Gasteiger partial charge in [0.15, 0.2) is 0 Å². The first-order valence-electron chi connectivity index (χ1n) is 5.97. The first-order chi connectivity index (χ1) is 8.74. The smallest absolute Gasteiger partial charge is 0.251 e. The lowest BCUT2D eigenvalue weighted by atomic mass is 10.1. The Bertz CT molecular complexity index is 593. The van der Waals surface area contributed by atoms with Crippen LogP contribution in [-0.2, 0) is 4.79 Å². The van der Waals surface area contributed by atoms with Gasteiger partial charge >= 0.3 is 0 Å². The van der Waals surface area contributed by atoms with Crippen molar-refractivity contribution >= 4 is 17.3 Å². The van der Waals surface area contributed by atoms with E-state index in [1.807, 2.05) is 55.5 Å². The number of carbonyl (C=O) groups excluding carboxylic acids is 1. The van der Waals surface area contributed by atoms with Crippen molar-refractivity contribution in [1.29, 1.82) is 0 Å². The van der Waals surface area contributed by atoms with Crippen molar-refractivity contribution in [2.45, 2.75) is 13.0 Å². The Morgan fingerprint density at radius 2 is 1.89 bits per heavy atom. The van der Waals surface area contributed by atoms with Crippen LogP contribution < -0.4 is 10.6 Å². The van der Waals surface area contributed by atoms with Gasteiger partial charge in [-0.2, -0.15) is 0 Å². The van der Waals surface area contributed by atoms with Gasteiger partial charge in [0.05, 0.1) is 0 Å². The van der Waals surface area contributed by atoms with Gasteiger partial charge in [0.25, 0.3) is 5.91 Å². The van der Waals surface area contributed by atoms with Crippen LogP contribution in [0.15, 0.2) is 48.5 Å². The van der Waals surface area contributed by atoms with E-state index in [0.717, 1.165) is 22.5 Å². The summed E-state index contributed by atoms with van der Waals surface area (Å²) >= 11 is 0. The molecule has 3 heteroatoms. The Hall–Kier alpha value is -2.29. The van der Waals surface area contributed by atoms with Crippen LogP contribution in [-0.4, -0.2) is 5.91 Å². The average Bonchev–Trinajstić information content (AvgIpc) is 2.67. The summed E-state index contributed by atoms with van der Waals surface area (Å²) in [5, 5.41) is 6.16. The molecule has 1 aliphatic heterocycles. The van der Waals surface area contributed by atoms with E-state index in [-0.39, 0.29) is 11.9 Å². The van der Waals surface area contributed by atoms with E-state index in [2.05, 4.69) is 10.6 Å². The van der Waals surface area contributed by atoms with Crippen LogP contribution in [0.25, 0.3) is 0 Å². The van der Waals surface area contributed by atoms with E-state index in [4.69, 9.17) is 0 Å². The molecule has 90 valence electrons. The Kier molecular flexibility index (Phi) is 2.52. The zero-order valence-corrected chi connectivity index (χ0v) is 10.1. The molecule has 0 radical (unpaired) electrons. The van der Waals surface area contributed by atoms with E-state index in [1.165, 1.54) is 0 Å². The van der Waals surface area contributed by atoms with Gasteiger partial charge in [-0.15, -0.1) is 0 Å². The van der Waals surface area contributed by atoms with Crippen molar-refractivity contribution < 1.29 is 4.79 Å². The molecule has 0 fully saturated rings. The van der Waals surface area contributed by atoms with Crippen LogP contribution in [0.1, 0.15) is 17.2 Å². The Labute approximate surface area is 106 Å². The quantitative estimate of drug-likeness (QED) is 0.844. The summed E-state index contributed by atoms with van der Waals surface area (Å²) in [5.74, 6) is -0.000506. The number of hydrogen-bond acceptors (Lipinski definition) is 2. The van der Waals surface area contributed by atoms with Gasteiger partial charge in [-0.05, 0) is 25.1 Å². The first kappa shape index (κ1) is 10.8. The summed E-state index contributed by atoms with van der Waals surface area (Å²) in [6.07, 6.45) is 0. The topological polar surface area (TPSA) is 41.1 Å². The zero-order valence-electron chi connectivity index (χ0n) is 10.1. The maximum Gasteiger partial charge on any atom is 0.251 e. The number of anilines is 2. The fourth-order valence-electron chi connectivity index (χ4n) is 2.23. The molecule has 1 aliphatic rings. The number of rotatable bonds is 2. The van der Waals surface area contributed by atoms with Crippen molar-refractivity contribution in [3.63, 3.8) is 0 Å². The first-order valence-corrected chi connectivity index (χ1v) is 5.97. The molecule has 2 aromatic carbocycles.